The molecule has 0 spiro atoms. The average molecular weight is 757 g/mol. The average Bonchev–Trinajstić information content (AvgIpc) is 3.12. The van der Waals surface area contributed by atoms with Crippen molar-refractivity contribution in [2.24, 2.45) is 0 Å². The number of aromatic hydroxyl groups is 2. The van der Waals surface area contributed by atoms with Crippen LogP contribution in [0.3, 0.4) is 0 Å². The van der Waals surface area contributed by atoms with Crippen LogP contribution in [0.5, 0.6) is 23.0 Å². The highest BCUT2D eigenvalue weighted by atomic mass is 16.7. The van der Waals surface area contributed by atoms with Crippen LogP contribution in [0.15, 0.2) is 45.6 Å². The van der Waals surface area contributed by atoms with Crippen LogP contribution in [0, 0.1) is 0 Å². The Bertz CT molecular complexity index is 1800. The molecule has 15 unspecified atom stereocenters. The molecule has 292 valence electrons. The molecule has 53 heavy (non-hydrogen) atoms. The van der Waals surface area contributed by atoms with Crippen molar-refractivity contribution in [2.45, 2.75) is 99.0 Å². The first-order chi connectivity index (χ1) is 25.1. The van der Waals surface area contributed by atoms with E-state index in [1.54, 1.807) is 0 Å². The number of aliphatic hydroxyl groups excluding tert-OH is 10. The maximum atomic E-state index is 13.1. The Morgan fingerprint density at radius 1 is 0.642 bits per heavy atom. The van der Waals surface area contributed by atoms with Gasteiger partial charge in [0, 0.05) is 23.8 Å². The molecule has 3 aliphatic rings. The zero-order valence-corrected chi connectivity index (χ0v) is 27.7. The minimum Gasteiger partial charge on any atom is -0.507 e. The molecule has 6 rings (SSSR count). The van der Waals surface area contributed by atoms with Crippen LogP contribution < -0.4 is 14.9 Å². The second-order valence-electron chi connectivity index (χ2n) is 12.9. The van der Waals surface area contributed by atoms with Crippen LogP contribution in [0.1, 0.15) is 6.92 Å². The maximum absolute atomic E-state index is 13.1. The number of phenolic OH excluding ortho intramolecular Hbond substituents is 2. The smallest absolute Gasteiger partial charge is 0.229 e. The Labute approximate surface area is 298 Å². The summed E-state index contributed by atoms with van der Waals surface area (Å²) in [6.07, 6.45) is -23.8. The summed E-state index contributed by atoms with van der Waals surface area (Å²) >= 11 is 0. The number of fused-ring (bicyclic) bond motifs is 1. The van der Waals surface area contributed by atoms with Crippen molar-refractivity contribution in [1.82, 2.24) is 0 Å². The predicted octanol–water partition coefficient (Wildman–Crippen LogP) is -3.92. The van der Waals surface area contributed by atoms with E-state index in [4.69, 9.17) is 32.8 Å². The summed E-state index contributed by atoms with van der Waals surface area (Å²) in [7, 11) is 0. The van der Waals surface area contributed by atoms with Gasteiger partial charge in [-0.05, 0) is 25.1 Å². The molecular weight excluding hydrogens is 716 g/mol. The Morgan fingerprint density at radius 3 is 1.92 bits per heavy atom. The molecule has 0 bridgehead atoms. The van der Waals surface area contributed by atoms with Crippen LogP contribution in [-0.4, -0.2) is 167 Å². The first-order valence-electron chi connectivity index (χ1n) is 16.4. The third kappa shape index (κ3) is 7.65. The van der Waals surface area contributed by atoms with Crippen molar-refractivity contribution in [3.8, 4) is 34.3 Å². The molecule has 4 heterocycles. The van der Waals surface area contributed by atoms with Gasteiger partial charge in [-0.2, -0.15) is 0 Å². The molecule has 2 aromatic carbocycles. The molecule has 15 atom stereocenters. The highest BCUT2D eigenvalue weighted by molar-refractivity contribution is 5.86. The number of phenols is 2. The van der Waals surface area contributed by atoms with E-state index in [0.717, 1.165) is 24.3 Å². The van der Waals surface area contributed by atoms with Crippen LogP contribution in [-0.2, 0) is 18.9 Å². The molecule has 20 heteroatoms. The van der Waals surface area contributed by atoms with Crippen LogP contribution in [0.4, 0.5) is 0 Å². The Hall–Kier alpha value is -3.71. The van der Waals surface area contributed by atoms with E-state index in [1.165, 1.54) is 19.1 Å². The fourth-order valence-corrected chi connectivity index (χ4v) is 6.13. The number of hydrogen-bond donors (Lipinski definition) is 12. The first-order valence-corrected chi connectivity index (χ1v) is 16.4. The molecule has 20 nitrogen and oxygen atoms in total. The van der Waals surface area contributed by atoms with Gasteiger partial charge in [0.15, 0.2) is 23.2 Å². The fraction of sp³-hybridized carbons (Fsp3) is 0.545. The van der Waals surface area contributed by atoms with E-state index >= 15 is 0 Å². The van der Waals surface area contributed by atoms with Crippen molar-refractivity contribution < 1.29 is 94.1 Å². The summed E-state index contributed by atoms with van der Waals surface area (Å²) in [5, 5.41) is 123. The van der Waals surface area contributed by atoms with E-state index in [-0.39, 0.29) is 33.8 Å². The molecule has 3 aromatic rings. The number of hydrogen-bond acceptors (Lipinski definition) is 20. The summed E-state index contributed by atoms with van der Waals surface area (Å²) < 4.78 is 38.9. The van der Waals surface area contributed by atoms with Gasteiger partial charge in [-0.25, -0.2) is 0 Å². The van der Waals surface area contributed by atoms with Gasteiger partial charge < -0.3 is 94.1 Å². The Kier molecular flexibility index (Phi) is 11.5. The van der Waals surface area contributed by atoms with Gasteiger partial charge in [0.1, 0.15) is 95.4 Å². The van der Waals surface area contributed by atoms with Gasteiger partial charge >= 0.3 is 0 Å². The summed E-state index contributed by atoms with van der Waals surface area (Å²) in [5.74, 6) is -1.75. The normalized spacial score (nSPS) is 37.8. The summed E-state index contributed by atoms with van der Waals surface area (Å²) in [5.41, 5.74) is -0.837. The minimum absolute atomic E-state index is 0.124. The molecule has 3 fully saturated rings. The summed E-state index contributed by atoms with van der Waals surface area (Å²) in [6, 6.07) is 6.88. The molecule has 0 amide bonds. The van der Waals surface area contributed by atoms with Gasteiger partial charge in [-0.3, -0.25) is 4.79 Å². The lowest BCUT2D eigenvalue weighted by Gasteiger charge is -2.42. The first kappa shape index (κ1) is 39.0. The third-order valence-corrected chi connectivity index (χ3v) is 9.27. The number of rotatable bonds is 9. The zero-order chi connectivity index (χ0) is 38.5. The van der Waals surface area contributed by atoms with Gasteiger partial charge in [-0.15, -0.1) is 0 Å². The van der Waals surface area contributed by atoms with Crippen molar-refractivity contribution in [2.75, 3.05) is 13.2 Å². The van der Waals surface area contributed by atoms with Crippen molar-refractivity contribution >= 4 is 11.0 Å². The quantitative estimate of drug-likeness (QED) is 0.0992. The van der Waals surface area contributed by atoms with Gasteiger partial charge in [0.2, 0.25) is 12.6 Å². The number of benzene rings is 2. The topological polar surface area (TPSA) is 328 Å². The lowest BCUT2D eigenvalue weighted by Crippen LogP contribution is -2.61. The molecule has 0 saturated carbocycles. The van der Waals surface area contributed by atoms with E-state index in [0.29, 0.717) is 0 Å². The highest BCUT2D eigenvalue weighted by Crippen LogP contribution is 2.37. The number of ether oxygens (including phenoxy) is 6. The van der Waals surface area contributed by atoms with Gasteiger partial charge in [0.05, 0.1) is 19.3 Å². The van der Waals surface area contributed by atoms with E-state index in [2.05, 4.69) is 0 Å². The Balaban J connectivity index is 1.21. The Morgan fingerprint density at radius 2 is 1.25 bits per heavy atom. The van der Waals surface area contributed by atoms with Crippen LogP contribution >= 0.6 is 0 Å². The van der Waals surface area contributed by atoms with E-state index in [1.807, 2.05) is 0 Å². The van der Waals surface area contributed by atoms with E-state index in [9.17, 15) is 66.1 Å². The van der Waals surface area contributed by atoms with E-state index < -0.39 is 122 Å². The monoisotopic (exact) mass is 756 g/mol. The standard InChI is InChI=1S/C33H40O20/c1-10-22(38)25(41)28(44)31(48-10)47-9-20-24(40)27(43)29(45)32(53-20)49-12-5-14(36)21-15(37)7-16(50-18(21)6-12)11-2-3-13(35)17(4-11)51-33-30(46)26(42)23(39)19(8-34)52-33/h2-7,10,19-20,22-36,38-46H,8-9H2,1H3. The SMILES string of the molecule is CC1OC(OCC2OC(Oc3cc(O)c4c(=O)cc(-c5ccc(O)c(OC6OC(CO)C(O)C(O)C6O)c5)oc4c3)C(O)C(O)C2O)C(O)C(O)C1O. The van der Waals surface area contributed by atoms with Gasteiger partial charge in [-0.1, -0.05) is 0 Å². The second kappa shape index (κ2) is 15.6. The zero-order valence-electron chi connectivity index (χ0n) is 27.7. The summed E-state index contributed by atoms with van der Waals surface area (Å²) in [4.78, 5) is 13.1. The summed E-state index contributed by atoms with van der Waals surface area (Å²) in [6.45, 7) is 0.151. The second-order valence-corrected chi connectivity index (χ2v) is 12.9. The van der Waals surface area contributed by atoms with Gasteiger partial charge in [0.25, 0.3) is 0 Å². The molecule has 0 aliphatic carbocycles. The van der Waals surface area contributed by atoms with Crippen LogP contribution in [0.25, 0.3) is 22.3 Å². The van der Waals surface area contributed by atoms with Crippen molar-refractivity contribution in [3.05, 3.63) is 46.6 Å². The molecule has 3 aliphatic heterocycles. The largest absolute Gasteiger partial charge is 0.507 e. The lowest BCUT2D eigenvalue weighted by molar-refractivity contribution is -0.318. The van der Waals surface area contributed by atoms with Crippen molar-refractivity contribution in [1.29, 1.82) is 0 Å². The van der Waals surface area contributed by atoms with Crippen molar-refractivity contribution in [3.63, 3.8) is 0 Å². The molecule has 0 radical (unpaired) electrons. The predicted molar refractivity (Wildman–Crippen MR) is 171 cm³/mol. The fourth-order valence-electron chi connectivity index (χ4n) is 6.13. The lowest BCUT2D eigenvalue weighted by atomic mass is 9.98. The number of aliphatic hydroxyl groups is 10. The molecule has 12 N–H and O–H groups in total. The molecule has 1 aromatic heterocycles. The maximum Gasteiger partial charge on any atom is 0.229 e. The molecular formula is C33H40O20. The minimum atomic E-state index is -1.86. The third-order valence-electron chi connectivity index (χ3n) is 9.27. The van der Waals surface area contributed by atoms with Crippen LogP contribution in [0.2, 0.25) is 0 Å². The molecule has 3 saturated heterocycles. The highest BCUT2D eigenvalue weighted by Gasteiger charge is 2.48.